The molecule has 28 heavy (non-hydrogen) atoms. The molecule has 0 spiro atoms. The first-order chi connectivity index (χ1) is 13.6. The standard InChI is InChI=1S/C21H18FN3O3/c1-28-16-9-7-14(8-10-16)13-24-17-11-12-23-18(17)20(26)25(21(24)27)19(22)15-5-3-2-4-6-15/h2-12,19,23H,13H2,1H3. The maximum Gasteiger partial charge on any atom is 0.334 e. The summed E-state index contributed by atoms with van der Waals surface area (Å²) in [5, 5.41) is 0. The lowest BCUT2D eigenvalue weighted by Crippen LogP contribution is -2.41. The van der Waals surface area contributed by atoms with E-state index in [1.54, 1.807) is 61.8 Å². The van der Waals surface area contributed by atoms with Crippen LogP contribution in [0, 0.1) is 0 Å². The minimum Gasteiger partial charge on any atom is -0.497 e. The van der Waals surface area contributed by atoms with E-state index in [0.717, 1.165) is 5.56 Å². The second-order valence-corrected chi connectivity index (χ2v) is 6.38. The van der Waals surface area contributed by atoms with Crippen molar-refractivity contribution in [2.75, 3.05) is 7.11 Å². The second-order valence-electron chi connectivity index (χ2n) is 6.38. The van der Waals surface area contributed by atoms with Crippen LogP contribution in [-0.4, -0.2) is 21.2 Å². The maximum atomic E-state index is 15.2. The molecule has 0 bridgehead atoms. The Kier molecular flexibility index (Phi) is 4.57. The number of nitrogens with one attached hydrogen (secondary N) is 1. The summed E-state index contributed by atoms with van der Waals surface area (Å²) in [6, 6.07) is 17.0. The molecular weight excluding hydrogens is 361 g/mol. The molecule has 1 N–H and O–H groups in total. The molecule has 0 aliphatic rings. The van der Waals surface area contributed by atoms with E-state index in [1.807, 2.05) is 12.1 Å². The minimum atomic E-state index is -1.88. The van der Waals surface area contributed by atoms with Crippen LogP contribution >= 0.6 is 0 Å². The van der Waals surface area contributed by atoms with Gasteiger partial charge in [0.05, 0.1) is 19.2 Å². The topological polar surface area (TPSA) is 69.0 Å². The van der Waals surface area contributed by atoms with E-state index in [2.05, 4.69) is 4.98 Å². The predicted octanol–water partition coefficient (Wildman–Crippen LogP) is 3.06. The number of H-pyrrole nitrogens is 1. The van der Waals surface area contributed by atoms with E-state index < -0.39 is 17.5 Å². The van der Waals surface area contributed by atoms with E-state index in [9.17, 15) is 9.59 Å². The van der Waals surface area contributed by atoms with E-state index >= 15 is 4.39 Å². The molecule has 6 nitrogen and oxygen atoms in total. The Hall–Kier alpha value is -3.61. The van der Waals surface area contributed by atoms with Gasteiger partial charge in [-0.25, -0.2) is 13.8 Å². The van der Waals surface area contributed by atoms with Crippen molar-refractivity contribution in [1.82, 2.24) is 14.1 Å². The highest BCUT2D eigenvalue weighted by molar-refractivity contribution is 5.74. The Morgan fingerprint density at radius 1 is 1.04 bits per heavy atom. The van der Waals surface area contributed by atoms with Gasteiger partial charge < -0.3 is 9.72 Å². The molecular formula is C21H18FN3O3. The van der Waals surface area contributed by atoms with Crippen LogP contribution in [0.25, 0.3) is 11.0 Å². The number of ether oxygens (including phenoxy) is 1. The van der Waals surface area contributed by atoms with Crippen LogP contribution in [0.5, 0.6) is 5.75 Å². The van der Waals surface area contributed by atoms with Gasteiger partial charge in [0.25, 0.3) is 5.56 Å². The van der Waals surface area contributed by atoms with Gasteiger partial charge in [0.2, 0.25) is 6.30 Å². The SMILES string of the molecule is COc1ccc(Cn2c(=O)n(C(F)c3ccccc3)c(=O)c3[nH]ccc32)cc1. The molecule has 0 amide bonds. The quantitative estimate of drug-likeness (QED) is 0.579. The third-order valence-electron chi connectivity index (χ3n) is 4.69. The van der Waals surface area contributed by atoms with Crippen LogP contribution in [0.3, 0.4) is 0 Å². The third-order valence-corrected chi connectivity index (χ3v) is 4.69. The van der Waals surface area contributed by atoms with Crippen LogP contribution in [0.1, 0.15) is 17.4 Å². The number of rotatable bonds is 5. The second kappa shape index (κ2) is 7.19. The summed E-state index contributed by atoms with van der Waals surface area (Å²) in [5.41, 5.74) is 0.292. The van der Waals surface area contributed by atoms with Gasteiger partial charge in [-0.05, 0) is 23.8 Å². The van der Waals surface area contributed by atoms with E-state index in [4.69, 9.17) is 4.74 Å². The average Bonchev–Trinajstić information content (AvgIpc) is 3.22. The Balaban J connectivity index is 1.87. The molecule has 0 radical (unpaired) electrons. The van der Waals surface area contributed by atoms with Crippen LogP contribution in [0.15, 0.2) is 76.4 Å². The number of fused-ring (bicyclic) bond motifs is 1. The Labute approximate surface area is 159 Å². The molecule has 0 aliphatic heterocycles. The number of hydrogen-bond acceptors (Lipinski definition) is 3. The highest BCUT2D eigenvalue weighted by Crippen LogP contribution is 2.18. The Morgan fingerprint density at radius 3 is 2.43 bits per heavy atom. The maximum absolute atomic E-state index is 15.2. The van der Waals surface area contributed by atoms with Crippen LogP contribution in [0.4, 0.5) is 4.39 Å². The zero-order valence-corrected chi connectivity index (χ0v) is 15.1. The fourth-order valence-electron chi connectivity index (χ4n) is 3.22. The molecule has 7 heteroatoms. The van der Waals surface area contributed by atoms with E-state index in [0.29, 0.717) is 15.8 Å². The molecule has 1 atom stereocenters. The molecule has 1 unspecified atom stereocenters. The zero-order valence-electron chi connectivity index (χ0n) is 15.1. The number of methoxy groups -OCH3 is 1. The molecule has 0 aliphatic carbocycles. The summed E-state index contributed by atoms with van der Waals surface area (Å²) >= 11 is 0. The molecule has 0 saturated heterocycles. The summed E-state index contributed by atoms with van der Waals surface area (Å²) in [5.74, 6) is 0.695. The highest BCUT2D eigenvalue weighted by Gasteiger charge is 2.21. The Bertz CT molecular complexity index is 1220. The molecule has 2 aromatic heterocycles. The molecule has 2 aromatic carbocycles. The molecule has 0 saturated carbocycles. The first-order valence-electron chi connectivity index (χ1n) is 8.74. The van der Waals surface area contributed by atoms with Gasteiger partial charge in [-0.1, -0.05) is 42.5 Å². The average molecular weight is 379 g/mol. The van der Waals surface area contributed by atoms with E-state index in [1.165, 1.54) is 4.57 Å². The lowest BCUT2D eigenvalue weighted by Gasteiger charge is -2.15. The molecule has 4 aromatic rings. The first-order valence-corrected chi connectivity index (χ1v) is 8.74. The monoisotopic (exact) mass is 379 g/mol. The van der Waals surface area contributed by atoms with Crippen molar-refractivity contribution in [1.29, 1.82) is 0 Å². The number of aromatic amines is 1. The number of nitrogens with zero attached hydrogens (tertiary/aromatic N) is 2. The van der Waals surface area contributed by atoms with Gasteiger partial charge in [-0.2, -0.15) is 0 Å². The van der Waals surface area contributed by atoms with Gasteiger partial charge >= 0.3 is 5.69 Å². The number of aromatic nitrogens is 3. The number of benzene rings is 2. The fourth-order valence-corrected chi connectivity index (χ4v) is 3.22. The smallest absolute Gasteiger partial charge is 0.334 e. The van der Waals surface area contributed by atoms with Crippen LogP contribution in [0.2, 0.25) is 0 Å². The van der Waals surface area contributed by atoms with Crippen molar-refractivity contribution >= 4 is 11.0 Å². The molecule has 2 heterocycles. The van der Waals surface area contributed by atoms with Crippen molar-refractivity contribution < 1.29 is 9.13 Å². The summed E-state index contributed by atoms with van der Waals surface area (Å²) < 4.78 is 22.4. The van der Waals surface area contributed by atoms with Gasteiger partial charge in [0.15, 0.2) is 0 Å². The molecule has 142 valence electrons. The lowest BCUT2D eigenvalue weighted by atomic mass is 10.2. The molecule has 0 fully saturated rings. The first kappa shape index (κ1) is 17.8. The van der Waals surface area contributed by atoms with Crippen molar-refractivity contribution in [2.24, 2.45) is 0 Å². The Morgan fingerprint density at radius 2 is 1.75 bits per heavy atom. The lowest BCUT2D eigenvalue weighted by molar-refractivity contribution is 0.275. The van der Waals surface area contributed by atoms with Crippen LogP contribution < -0.4 is 16.0 Å². The van der Waals surface area contributed by atoms with Gasteiger partial charge in [-0.3, -0.25) is 9.36 Å². The number of halogens is 1. The third kappa shape index (κ3) is 3.00. The summed E-state index contributed by atoms with van der Waals surface area (Å²) in [6.45, 7) is 0.193. The summed E-state index contributed by atoms with van der Waals surface area (Å²) in [6.07, 6.45) is -0.313. The highest BCUT2D eigenvalue weighted by atomic mass is 19.1. The summed E-state index contributed by atoms with van der Waals surface area (Å²) in [4.78, 5) is 28.7. The number of hydrogen-bond donors (Lipinski definition) is 1. The van der Waals surface area contributed by atoms with Crippen molar-refractivity contribution in [2.45, 2.75) is 12.8 Å². The fraction of sp³-hybridized carbons (Fsp3) is 0.143. The van der Waals surface area contributed by atoms with Gasteiger partial charge in [-0.15, -0.1) is 0 Å². The summed E-state index contributed by atoms with van der Waals surface area (Å²) in [7, 11) is 1.57. The normalized spacial score (nSPS) is 12.2. The number of alkyl halides is 1. The van der Waals surface area contributed by atoms with Crippen molar-refractivity contribution in [3.8, 4) is 5.75 Å². The minimum absolute atomic E-state index is 0.187. The van der Waals surface area contributed by atoms with Crippen LogP contribution in [-0.2, 0) is 6.54 Å². The van der Waals surface area contributed by atoms with Gasteiger partial charge in [0.1, 0.15) is 11.3 Å². The predicted molar refractivity (Wildman–Crippen MR) is 105 cm³/mol. The largest absolute Gasteiger partial charge is 0.497 e. The molecule has 4 rings (SSSR count). The zero-order chi connectivity index (χ0) is 19.7. The van der Waals surface area contributed by atoms with Crippen molar-refractivity contribution in [3.05, 3.63) is 98.8 Å². The van der Waals surface area contributed by atoms with Crippen molar-refractivity contribution in [3.63, 3.8) is 0 Å². The van der Waals surface area contributed by atoms with E-state index in [-0.39, 0.29) is 17.6 Å². The van der Waals surface area contributed by atoms with Gasteiger partial charge in [0, 0.05) is 11.8 Å².